The van der Waals surface area contributed by atoms with Crippen molar-refractivity contribution < 1.29 is 15.1 Å². The molecule has 0 saturated heterocycles. The van der Waals surface area contributed by atoms with E-state index in [9.17, 15) is 9.90 Å². The van der Waals surface area contributed by atoms with Crippen LogP contribution in [0.5, 0.6) is 0 Å². The lowest BCUT2D eigenvalue weighted by Crippen LogP contribution is -2.27. The summed E-state index contributed by atoms with van der Waals surface area (Å²) in [4.78, 5) is 11.9. The topological polar surface area (TPSA) is 69.6 Å². The van der Waals surface area contributed by atoms with Crippen LogP contribution in [0.3, 0.4) is 0 Å². The van der Waals surface area contributed by atoms with E-state index in [1.54, 1.807) is 17.6 Å². The highest BCUT2D eigenvalue weighted by Crippen LogP contribution is 2.41. The van der Waals surface area contributed by atoms with Gasteiger partial charge in [0.1, 0.15) is 0 Å². The van der Waals surface area contributed by atoms with Crippen molar-refractivity contribution in [2.24, 2.45) is 5.41 Å². The maximum absolute atomic E-state index is 11.9. The zero-order chi connectivity index (χ0) is 27.4. The first-order valence-electron chi connectivity index (χ1n) is 13.4. The third-order valence-corrected chi connectivity index (χ3v) is 8.11. The Bertz CT molecular complexity index is 1230. The van der Waals surface area contributed by atoms with Gasteiger partial charge in [0, 0.05) is 11.0 Å². The zero-order valence-corrected chi connectivity index (χ0v) is 23.5. The average molecular weight is 502 g/mol. The molecule has 0 saturated carbocycles. The van der Waals surface area contributed by atoms with Crippen molar-refractivity contribution >= 4 is 5.91 Å². The molecule has 3 aromatic carbocycles. The number of hydroxylamine groups is 1. The summed E-state index contributed by atoms with van der Waals surface area (Å²) in [7, 11) is 0. The number of aryl methyl sites for hydroxylation is 3. The van der Waals surface area contributed by atoms with Crippen LogP contribution < -0.4 is 5.48 Å². The number of hydrogen-bond donors (Lipinski definition) is 3. The van der Waals surface area contributed by atoms with E-state index in [0.29, 0.717) is 5.56 Å². The maximum atomic E-state index is 11.9. The van der Waals surface area contributed by atoms with Crippen LogP contribution in [0, 0.1) is 19.3 Å². The number of rotatable bonds is 9. The molecule has 37 heavy (non-hydrogen) atoms. The zero-order valence-electron chi connectivity index (χ0n) is 23.5. The van der Waals surface area contributed by atoms with Gasteiger partial charge in [-0.15, -0.1) is 0 Å². The third kappa shape index (κ3) is 6.14. The Labute approximate surface area is 222 Å². The SMILES string of the molecule is CCC(CC)(c1ccc(CCC(O)C(C)(C)C)c(C)c1)c1ccc(-c2cccc(C(=O)NO)c2)c(C)c1. The van der Waals surface area contributed by atoms with Crippen LogP contribution in [0.4, 0.5) is 0 Å². The minimum Gasteiger partial charge on any atom is -0.393 e. The number of aliphatic hydroxyl groups excluding tert-OH is 1. The normalized spacial score (nSPS) is 12.9. The van der Waals surface area contributed by atoms with Crippen LogP contribution in [-0.2, 0) is 11.8 Å². The minimum absolute atomic E-state index is 0.101. The van der Waals surface area contributed by atoms with Gasteiger partial charge >= 0.3 is 0 Å². The van der Waals surface area contributed by atoms with Gasteiger partial charge in [0.15, 0.2) is 0 Å². The Morgan fingerprint density at radius 3 is 2.05 bits per heavy atom. The lowest BCUT2D eigenvalue weighted by Gasteiger charge is -2.34. The second kappa shape index (κ2) is 11.6. The summed E-state index contributed by atoms with van der Waals surface area (Å²) in [6, 6.07) is 20.8. The van der Waals surface area contributed by atoms with E-state index in [1.165, 1.54) is 22.3 Å². The fourth-order valence-electron chi connectivity index (χ4n) is 5.41. The molecule has 3 N–H and O–H groups in total. The maximum Gasteiger partial charge on any atom is 0.274 e. The van der Waals surface area contributed by atoms with Crippen molar-refractivity contribution in [3.63, 3.8) is 0 Å². The molecule has 3 rings (SSSR count). The summed E-state index contributed by atoms with van der Waals surface area (Å²) in [6.45, 7) is 15.1. The van der Waals surface area contributed by atoms with Gasteiger partial charge in [-0.05, 0) is 96.0 Å². The monoisotopic (exact) mass is 501 g/mol. The summed E-state index contributed by atoms with van der Waals surface area (Å²) in [5.74, 6) is -0.515. The smallest absolute Gasteiger partial charge is 0.274 e. The standard InChI is InChI=1S/C33H43NO3/c1-8-33(9-2,27-15-13-24(22(3)19-27)14-18-30(35)32(5,6)7)28-16-17-29(23(4)20-28)25-11-10-12-26(21-25)31(36)34-37/h10-13,15-17,19-21,30,35,37H,8-9,14,18H2,1-7H3,(H,34,36). The van der Waals surface area contributed by atoms with Crippen molar-refractivity contribution in [1.29, 1.82) is 0 Å². The molecule has 1 atom stereocenters. The molecule has 4 nitrogen and oxygen atoms in total. The van der Waals surface area contributed by atoms with Gasteiger partial charge < -0.3 is 5.11 Å². The van der Waals surface area contributed by atoms with Gasteiger partial charge in [0.25, 0.3) is 5.91 Å². The highest BCUT2D eigenvalue weighted by molar-refractivity contribution is 5.94. The Balaban J connectivity index is 1.95. The molecule has 4 heteroatoms. The van der Waals surface area contributed by atoms with E-state index in [4.69, 9.17) is 5.21 Å². The van der Waals surface area contributed by atoms with Crippen molar-refractivity contribution in [3.05, 3.63) is 94.0 Å². The van der Waals surface area contributed by atoms with Crippen molar-refractivity contribution in [2.45, 2.75) is 85.7 Å². The second-order valence-corrected chi connectivity index (χ2v) is 11.4. The molecule has 0 fully saturated rings. The molecule has 0 spiro atoms. The van der Waals surface area contributed by atoms with Gasteiger partial charge in [-0.3, -0.25) is 10.0 Å². The first kappa shape index (κ1) is 28.6. The van der Waals surface area contributed by atoms with Gasteiger partial charge in [-0.25, -0.2) is 5.48 Å². The van der Waals surface area contributed by atoms with Gasteiger partial charge in [0.05, 0.1) is 6.10 Å². The van der Waals surface area contributed by atoms with Crippen LogP contribution in [0.2, 0.25) is 0 Å². The van der Waals surface area contributed by atoms with Crippen LogP contribution in [0.25, 0.3) is 11.1 Å². The minimum atomic E-state index is -0.515. The summed E-state index contributed by atoms with van der Waals surface area (Å²) >= 11 is 0. The molecule has 0 aliphatic carbocycles. The predicted molar refractivity (Wildman–Crippen MR) is 152 cm³/mol. The fraction of sp³-hybridized carbons (Fsp3) is 0.424. The number of nitrogens with one attached hydrogen (secondary N) is 1. The van der Waals surface area contributed by atoms with Crippen LogP contribution in [-0.4, -0.2) is 22.3 Å². The molecule has 1 amide bonds. The number of hydrogen-bond acceptors (Lipinski definition) is 3. The number of benzene rings is 3. The van der Waals surface area contributed by atoms with E-state index < -0.39 is 5.91 Å². The Morgan fingerprint density at radius 1 is 0.892 bits per heavy atom. The summed E-state index contributed by atoms with van der Waals surface area (Å²) in [5.41, 5.74) is 10.3. The molecular formula is C33H43NO3. The molecular weight excluding hydrogens is 458 g/mol. The van der Waals surface area contributed by atoms with Crippen LogP contribution in [0.15, 0.2) is 60.7 Å². The average Bonchev–Trinajstić information content (AvgIpc) is 2.88. The Hall–Kier alpha value is -2.95. The molecule has 0 heterocycles. The molecule has 198 valence electrons. The number of aliphatic hydroxyl groups is 1. The summed E-state index contributed by atoms with van der Waals surface area (Å²) in [5, 5.41) is 19.5. The van der Waals surface area contributed by atoms with Crippen LogP contribution >= 0.6 is 0 Å². The van der Waals surface area contributed by atoms with Crippen molar-refractivity contribution in [1.82, 2.24) is 5.48 Å². The predicted octanol–water partition coefficient (Wildman–Crippen LogP) is 7.54. The Morgan fingerprint density at radius 2 is 1.51 bits per heavy atom. The van der Waals surface area contributed by atoms with E-state index in [2.05, 4.69) is 84.9 Å². The number of amides is 1. The lowest BCUT2D eigenvalue weighted by atomic mass is 9.69. The molecule has 1 unspecified atom stereocenters. The third-order valence-electron chi connectivity index (χ3n) is 8.11. The largest absolute Gasteiger partial charge is 0.393 e. The molecule has 0 aliphatic heterocycles. The van der Waals surface area contributed by atoms with Gasteiger partial charge in [0.2, 0.25) is 0 Å². The van der Waals surface area contributed by atoms with Crippen molar-refractivity contribution in [2.75, 3.05) is 0 Å². The van der Waals surface area contributed by atoms with E-state index in [0.717, 1.165) is 42.4 Å². The lowest BCUT2D eigenvalue weighted by molar-refractivity contribution is 0.0559. The highest BCUT2D eigenvalue weighted by atomic mass is 16.5. The fourth-order valence-corrected chi connectivity index (χ4v) is 5.41. The second-order valence-electron chi connectivity index (χ2n) is 11.4. The molecule has 0 aliphatic rings. The molecule has 3 aromatic rings. The number of carbonyl (C=O) groups excluding carboxylic acids is 1. The molecule has 0 radical (unpaired) electrons. The number of carbonyl (C=O) groups is 1. The van der Waals surface area contributed by atoms with Gasteiger partial charge in [-0.1, -0.05) is 83.1 Å². The first-order chi connectivity index (χ1) is 17.5. The van der Waals surface area contributed by atoms with E-state index >= 15 is 0 Å². The van der Waals surface area contributed by atoms with Crippen LogP contribution in [0.1, 0.15) is 92.1 Å². The molecule has 0 aromatic heterocycles. The summed E-state index contributed by atoms with van der Waals surface area (Å²) < 4.78 is 0. The Kier molecular flexibility index (Phi) is 8.99. The van der Waals surface area contributed by atoms with E-state index in [1.807, 2.05) is 12.1 Å². The van der Waals surface area contributed by atoms with Gasteiger partial charge in [-0.2, -0.15) is 0 Å². The quantitative estimate of drug-likeness (QED) is 0.210. The van der Waals surface area contributed by atoms with Crippen molar-refractivity contribution in [3.8, 4) is 11.1 Å². The molecule has 0 bridgehead atoms. The highest BCUT2D eigenvalue weighted by Gasteiger charge is 2.31. The summed E-state index contributed by atoms with van der Waals surface area (Å²) in [6.07, 6.45) is 3.28. The van der Waals surface area contributed by atoms with E-state index in [-0.39, 0.29) is 16.9 Å². The first-order valence-corrected chi connectivity index (χ1v) is 13.4.